The molecule has 0 aromatic carbocycles. The highest BCUT2D eigenvalue weighted by molar-refractivity contribution is 5.74. The van der Waals surface area contributed by atoms with Crippen LogP contribution in [0.5, 0.6) is 0 Å². The standard InChI is InChI=1S/C17H25N3O2/c1-11-4-5-12(10-19-11)6-8-18-16(21)20-14-13-7-9-22-15(13)17(14,2)3/h4-5,10,13-15H,6-9H2,1-3H3,(H2,18,20,21). The van der Waals surface area contributed by atoms with Gasteiger partial charge in [-0.05, 0) is 31.4 Å². The highest BCUT2D eigenvalue weighted by Gasteiger charge is 2.59. The Morgan fingerprint density at radius 3 is 3.00 bits per heavy atom. The number of carbonyl (C=O) groups is 1. The number of fused-ring (bicyclic) bond motifs is 1. The van der Waals surface area contributed by atoms with E-state index >= 15 is 0 Å². The lowest BCUT2D eigenvalue weighted by Crippen LogP contribution is -2.67. The third-order valence-corrected chi connectivity index (χ3v) is 5.06. The van der Waals surface area contributed by atoms with Gasteiger partial charge in [0.1, 0.15) is 0 Å². The summed E-state index contributed by atoms with van der Waals surface area (Å²) >= 11 is 0. The van der Waals surface area contributed by atoms with E-state index in [0.717, 1.165) is 30.7 Å². The van der Waals surface area contributed by atoms with Crippen LogP contribution in [0.3, 0.4) is 0 Å². The van der Waals surface area contributed by atoms with E-state index in [4.69, 9.17) is 4.74 Å². The zero-order valence-corrected chi connectivity index (χ0v) is 13.6. The number of pyridine rings is 1. The third kappa shape index (κ3) is 2.82. The number of nitrogens with zero attached hydrogens (tertiary/aromatic N) is 1. The molecule has 1 aromatic heterocycles. The Hall–Kier alpha value is -1.62. The highest BCUT2D eigenvalue weighted by Crippen LogP contribution is 2.51. The van der Waals surface area contributed by atoms with Gasteiger partial charge in [-0.15, -0.1) is 0 Å². The molecule has 0 radical (unpaired) electrons. The van der Waals surface area contributed by atoms with Crippen LogP contribution in [-0.4, -0.2) is 36.3 Å². The van der Waals surface area contributed by atoms with Gasteiger partial charge in [-0.1, -0.05) is 19.9 Å². The van der Waals surface area contributed by atoms with Crippen LogP contribution >= 0.6 is 0 Å². The minimum absolute atomic E-state index is 0.0272. The quantitative estimate of drug-likeness (QED) is 0.895. The monoisotopic (exact) mass is 303 g/mol. The first-order chi connectivity index (χ1) is 10.5. The summed E-state index contributed by atoms with van der Waals surface area (Å²) in [4.78, 5) is 16.3. The maximum Gasteiger partial charge on any atom is 0.315 e. The summed E-state index contributed by atoms with van der Waals surface area (Å²) in [5.41, 5.74) is 2.17. The van der Waals surface area contributed by atoms with E-state index in [1.54, 1.807) is 0 Å². The van der Waals surface area contributed by atoms with Gasteiger partial charge >= 0.3 is 6.03 Å². The summed E-state index contributed by atoms with van der Waals surface area (Å²) in [7, 11) is 0. The summed E-state index contributed by atoms with van der Waals surface area (Å²) in [6.07, 6.45) is 4.01. The van der Waals surface area contributed by atoms with Crippen LogP contribution in [0.1, 0.15) is 31.5 Å². The number of hydrogen-bond acceptors (Lipinski definition) is 3. The van der Waals surface area contributed by atoms with Crippen LogP contribution in [-0.2, 0) is 11.2 Å². The normalized spacial score (nSPS) is 28.6. The molecule has 1 saturated heterocycles. The average molecular weight is 303 g/mol. The van der Waals surface area contributed by atoms with Crippen molar-refractivity contribution >= 4 is 6.03 Å². The van der Waals surface area contributed by atoms with Gasteiger partial charge in [0.15, 0.2) is 0 Å². The van der Waals surface area contributed by atoms with E-state index in [9.17, 15) is 4.79 Å². The number of hydrogen-bond donors (Lipinski definition) is 2. The Bertz CT molecular complexity index is 541. The van der Waals surface area contributed by atoms with Crippen LogP contribution in [0.25, 0.3) is 0 Å². The minimum atomic E-state index is -0.0801. The van der Waals surface area contributed by atoms with Gasteiger partial charge in [-0.3, -0.25) is 4.98 Å². The Labute approximate surface area is 131 Å². The van der Waals surface area contributed by atoms with Gasteiger partial charge in [0.25, 0.3) is 0 Å². The fourth-order valence-electron chi connectivity index (χ4n) is 3.78. The fourth-order valence-corrected chi connectivity index (χ4v) is 3.78. The molecule has 5 nitrogen and oxygen atoms in total. The molecule has 2 aliphatic rings. The molecule has 3 atom stereocenters. The van der Waals surface area contributed by atoms with E-state index in [1.165, 1.54) is 0 Å². The molecule has 0 spiro atoms. The number of nitrogens with one attached hydrogen (secondary N) is 2. The van der Waals surface area contributed by atoms with E-state index < -0.39 is 0 Å². The molecule has 1 aliphatic carbocycles. The third-order valence-electron chi connectivity index (χ3n) is 5.06. The largest absolute Gasteiger partial charge is 0.377 e. The van der Waals surface area contributed by atoms with Gasteiger partial charge in [-0.25, -0.2) is 4.79 Å². The summed E-state index contributed by atoms with van der Waals surface area (Å²) < 4.78 is 5.75. The van der Waals surface area contributed by atoms with Crippen molar-refractivity contribution in [2.24, 2.45) is 11.3 Å². The number of ether oxygens (including phenoxy) is 1. The summed E-state index contributed by atoms with van der Waals surface area (Å²) in [6.45, 7) is 7.74. The minimum Gasteiger partial charge on any atom is -0.377 e. The molecule has 1 saturated carbocycles. The number of rotatable bonds is 4. The predicted octanol–water partition coefficient (Wildman–Crippen LogP) is 2.05. The van der Waals surface area contributed by atoms with E-state index in [2.05, 4.69) is 35.5 Å². The van der Waals surface area contributed by atoms with Crippen molar-refractivity contribution in [1.82, 2.24) is 15.6 Å². The second kappa shape index (κ2) is 5.88. The maximum atomic E-state index is 12.1. The van der Waals surface area contributed by atoms with Crippen molar-refractivity contribution in [2.45, 2.75) is 45.8 Å². The highest BCUT2D eigenvalue weighted by atomic mass is 16.5. The van der Waals surface area contributed by atoms with Crippen molar-refractivity contribution in [3.8, 4) is 0 Å². The summed E-state index contributed by atoms with van der Waals surface area (Å²) in [5.74, 6) is 0.474. The summed E-state index contributed by atoms with van der Waals surface area (Å²) in [5, 5.41) is 6.07. The molecule has 1 aromatic rings. The Morgan fingerprint density at radius 1 is 1.45 bits per heavy atom. The van der Waals surface area contributed by atoms with E-state index in [-0.39, 0.29) is 17.5 Å². The molecule has 2 heterocycles. The molecular weight excluding hydrogens is 278 g/mol. The van der Waals surface area contributed by atoms with Gasteiger partial charge in [0, 0.05) is 42.4 Å². The molecule has 2 amide bonds. The molecule has 3 rings (SSSR count). The number of urea groups is 1. The van der Waals surface area contributed by atoms with Crippen LogP contribution < -0.4 is 10.6 Å². The molecular formula is C17H25N3O2. The van der Waals surface area contributed by atoms with Crippen LogP contribution in [0.15, 0.2) is 18.3 Å². The van der Waals surface area contributed by atoms with Crippen molar-refractivity contribution in [1.29, 1.82) is 0 Å². The molecule has 0 bridgehead atoms. The number of carbonyl (C=O) groups excluding carboxylic acids is 1. The molecule has 1 aliphatic heterocycles. The zero-order valence-electron chi connectivity index (χ0n) is 13.6. The van der Waals surface area contributed by atoms with E-state index in [1.807, 2.05) is 19.2 Å². The van der Waals surface area contributed by atoms with E-state index in [0.29, 0.717) is 18.6 Å². The molecule has 3 unspecified atom stereocenters. The second-order valence-corrected chi connectivity index (χ2v) is 7.00. The molecule has 2 fully saturated rings. The summed E-state index contributed by atoms with van der Waals surface area (Å²) in [6, 6.07) is 4.17. The number of aryl methyl sites for hydroxylation is 1. The first-order valence-electron chi connectivity index (χ1n) is 8.06. The first-order valence-corrected chi connectivity index (χ1v) is 8.06. The van der Waals surface area contributed by atoms with Crippen molar-refractivity contribution < 1.29 is 9.53 Å². The number of aromatic nitrogens is 1. The Balaban J connectivity index is 1.44. The molecule has 2 N–H and O–H groups in total. The van der Waals surface area contributed by atoms with Gasteiger partial charge in [0.2, 0.25) is 0 Å². The lowest BCUT2D eigenvalue weighted by Gasteiger charge is -2.54. The fraction of sp³-hybridized carbons (Fsp3) is 0.647. The Kier molecular flexibility index (Phi) is 4.08. The Morgan fingerprint density at radius 2 is 2.27 bits per heavy atom. The smallest absolute Gasteiger partial charge is 0.315 e. The average Bonchev–Trinajstić information content (AvgIpc) is 2.94. The predicted molar refractivity (Wildman–Crippen MR) is 84.6 cm³/mol. The zero-order chi connectivity index (χ0) is 15.7. The van der Waals surface area contributed by atoms with Gasteiger partial charge < -0.3 is 15.4 Å². The van der Waals surface area contributed by atoms with Gasteiger partial charge in [-0.2, -0.15) is 0 Å². The van der Waals surface area contributed by atoms with Crippen molar-refractivity contribution in [2.75, 3.05) is 13.2 Å². The molecule has 22 heavy (non-hydrogen) atoms. The SMILES string of the molecule is Cc1ccc(CCNC(=O)NC2C3CCOC3C2(C)C)cn1. The lowest BCUT2D eigenvalue weighted by atomic mass is 9.57. The second-order valence-electron chi connectivity index (χ2n) is 7.00. The number of amides is 2. The lowest BCUT2D eigenvalue weighted by molar-refractivity contribution is -0.108. The molecule has 5 heteroatoms. The van der Waals surface area contributed by atoms with Crippen molar-refractivity contribution in [3.63, 3.8) is 0 Å². The van der Waals surface area contributed by atoms with Gasteiger partial charge in [0.05, 0.1) is 6.10 Å². The first kappa shape index (κ1) is 15.3. The van der Waals surface area contributed by atoms with Crippen molar-refractivity contribution in [3.05, 3.63) is 29.6 Å². The van der Waals surface area contributed by atoms with Crippen LogP contribution in [0.2, 0.25) is 0 Å². The van der Waals surface area contributed by atoms with Crippen LogP contribution in [0, 0.1) is 18.3 Å². The van der Waals surface area contributed by atoms with Crippen LogP contribution in [0.4, 0.5) is 4.79 Å². The molecule has 120 valence electrons. The maximum absolute atomic E-state index is 12.1. The topological polar surface area (TPSA) is 63.2 Å².